The molecular formula is C25H27N5O3. The van der Waals surface area contributed by atoms with E-state index in [0.29, 0.717) is 5.82 Å². The van der Waals surface area contributed by atoms with Crippen LogP contribution in [0.3, 0.4) is 0 Å². The number of aliphatic hydroxyl groups is 1. The molecule has 170 valence electrons. The molecule has 8 heteroatoms. The van der Waals surface area contributed by atoms with Gasteiger partial charge < -0.3 is 15.7 Å². The highest BCUT2D eigenvalue weighted by Crippen LogP contribution is 2.27. The molecule has 3 amide bonds. The molecule has 4 N–H and O–H groups in total. The van der Waals surface area contributed by atoms with E-state index in [1.165, 1.54) is 5.56 Å². The SMILES string of the molecule is Cc1cc(NC(=O)Nc2cccc3c2C=CCC3)n(-c2cccc(CC(=O)NCCO)c2)n1. The first kappa shape index (κ1) is 22.3. The molecule has 33 heavy (non-hydrogen) atoms. The van der Waals surface area contributed by atoms with Gasteiger partial charge in [-0.05, 0) is 49.1 Å². The predicted octanol–water partition coefficient (Wildman–Crippen LogP) is 3.44. The molecule has 0 radical (unpaired) electrons. The van der Waals surface area contributed by atoms with Gasteiger partial charge in [-0.15, -0.1) is 0 Å². The number of hydrogen-bond acceptors (Lipinski definition) is 4. The molecule has 1 heterocycles. The Morgan fingerprint density at radius 2 is 1.97 bits per heavy atom. The maximum Gasteiger partial charge on any atom is 0.324 e. The average molecular weight is 446 g/mol. The van der Waals surface area contributed by atoms with Crippen molar-refractivity contribution in [1.29, 1.82) is 0 Å². The third-order valence-corrected chi connectivity index (χ3v) is 5.34. The number of carbonyl (C=O) groups excluding carboxylic acids is 2. The molecular weight excluding hydrogens is 418 g/mol. The lowest BCUT2D eigenvalue weighted by molar-refractivity contribution is -0.120. The van der Waals surface area contributed by atoms with Crippen molar-refractivity contribution in [2.75, 3.05) is 23.8 Å². The number of allylic oxidation sites excluding steroid dienone is 1. The molecule has 1 aliphatic rings. The summed E-state index contributed by atoms with van der Waals surface area (Å²) in [6.45, 7) is 1.97. The second kappa shape index (κ2) is 10.1. The van der Waals surface area contributed by atoms with Gasteiger partial charge in [-0.2, -0.15) is 5.10 Å². The number of anilines is 2. The molecule has 0 unspecified atom stereocenters. The van der Waals surface area contributed by atoms with Crippen molar-refractivity contribution in [3.63, 3.8) is 0 Å². The van der Waals surface area contributed by atoms with Crippen molar-refractivity contribution in [3.8, 4) is 5.69 Å². The second-order valence-corrected chi connectivity index (χ2v) is 7.90. The molecule has 1 aliphatic carbocycles. The van der Waals surface area contributed by atoms with Crippen LogP contribution in [0.5, 0.6) is 0 Å². The predicted molar refractivity (Wildman–Crippen MR) is 129 cm³/mol. The molecule has 0 spiro atoms. The van der Waals surface area contributed by atoms with Gasteiger partial charge in [-0.3, -0.25) is 10.1 Å². The number of rotatable bonds is 7. The summed E-state index contributed by atoms with van der Waals surface area (Å²) in [5.41, 5.74) is 5.29. The minimum Gasteiger partial charge on any atom is -0.395 e. The Morgan fingerprint density at radius 1 is 1.12 bits per heavy atom. The van der Waals surface area contributed by atoms with Crippen LogP contribution < -0.4 is 16.0 Å². The number of amides is 3. The largest absolute Gasteiger partial charge is 0.395 e. The van der Waals surface area contributed by atoms with Crippen LogP contribution in [0.2, 0.25) is 0 Å². The molecule has 4 rings (SSSR count). The summed E-state index contributed by atoms with van der Waals surface area (Å²) in [5.74, 6) is 0.350. The van der Waals surface area contributed by atoms with E-state index in [1.54, 1.807) is 10.7 Å². The number of benzene rings is 2. The Balaban J connectivity index is 1.51. The van der Waals surface area contributed by atoms with Gasteiger partial charge in [0.05, 0.1) is 24.4 Å². The van der Waals surface area contributed by atoms with E-state index in [-0.39, 0.29) is 31.5 Å². The van der Waals surface area contributed by atoms with Crippen molar-refractivity contribution in [3.05, 3.63) is 77.0 Å². The normalized spacial score (nSPS) is 12.2. The first-order valence-electron chi connectivity index (χ1n) is 10.9. The molecule has 0 bridgehead atoms. The highest BCUT2D eigenvalue weighted by molar-refractivity contribution is 6.01. The van der Waals surface area contributed by atoms with Gasteiger partial charge in [0.1, 0.15) is 5.82 Å². The number of aromatic nitrogens is 2. The van der Waals surface area contributed by atoms with Crippen LogP contribution in [0.25, 0.3) is 11.8 Å². The lowest BCUT2D eigenvalue weighted by Gasteiger charge is -2.16. The molecule has 3 aromatic rings. The summed E-state index contributed by atoms with van der Waals surface area (Å²) in [7, 11) is 0. The highest BCUT2D eigenvalue weighted by atomic mass is 16.3. The minimum absolute atomic E-state index is 0.0997. The van der Waals surface area contributed by atoms with Gasteiger partial charge >= 0.3 is 6.03 Å². The zero-order valence-electron chi connectivity index (χ0n) is 18.5. The summed E-state index contributed by atoms with van der Waals surface area (Å²) in [6, 6.07) is 14.8. The summed E-state index contributed by atoms with van der Waals surface area (Å²) in [5, 5.41) is 21.9. The van der Waals surface area contributed by atoms with Crippen molar-refractivity contribution in [1.82, 2.24) is 15.1 Å². The number of urea groups is 1. The Hall–Kier alpha value is -3.91. The number of nitrogens with one attached hydrogen (secondary N) is 3. The van der Waals surface area contributed by atoms with E-state index >= 15 is 0 Å². The van der Waals surface area contributed by atoms with E-state index in [4.69, 9.17) is 5.11 Å². The van der Waals surface area contributed by atoms with Gasteiger partial charge in [0.2, 0.25) is 5.91 Å². The Kier molecular flexibility index (Phi) is 6.85. The molecule has 0 atom stereocenters. The van der Waals surface area contributed by atoms with Crippen LogP contribution in [0.15, 0.2) is 54.6 Å². The monoisotopic (exact) mass is 445 g/mol. The van der Waals surface area contributed by atoms with Gasteiger partial charge in [0, 0.05) is 23.9 Å². The van der Waals surface area contributed by atoms with Crippen LogP contribution >= 0.6 is 0 Å². The van der Waals surface area contributed by atoms with Crippen LogP contribution in [-0.2, 0) is 17.6 Å². The van der Waals surface area contributed by atoms with Gasteiger partial charge in [-0.25, -0.2) is 9.48 Å². The standard InChI is InChI=1S/C25H27N5O3/c1-17-14-23(28-25(33)27-22-11-5-8-19-7-2-3-10-21(19)22)30(29-17)20-9-4-6-18(15-20)16-24(32)26-12-13-31/h3-6,8-11,14-15,31H,2,7,12-13,16H2,1H3,(H,26,32)(H2,27,28,33). The van der Waals surface area contributed by atoms with E-state index in [9.17, 15) is 9.59 Å². The van der Waals surface area contributed by atoms with Crippen LogP contribution in [0.1, 0.15) is 28.8 Å². The quantitative estimate of drug-likeness (QED) is 0.447. The number of nitrogens with zero attached hydrogens (tertiary/aromatic N) is 2. The minimum atomic E-state index is -0.358. The number of hydrogen-bond donors (Lipinski definition) is 4. The van der Waals surface area contributed by atoms with E-state index in [1.807, 2.05) is 49.4 Å². The van der Waals surface area contributed by atoms with E-state index in [0.717, 1.165) is 41.0 Å². The zero-order valence-corrected chi connectivity index (χ0v) is 18.5. The average Bonchev–Trinajstić information content (AvgIpc) is 3.18. The maximum absolute atomic E-state index is 12.8. The van der Waals surface area contributed by atoms with Gasteiger partial charge in [0.25, 0.3) is 0 Å². The summed E-state index contributed by atoms with van der Waals surface area (Å²) in [4.78, 5) is 24.8. The van der Waals surface area contributed by atoms with Crippen LogP contribution in [0, 0.1) is 6.92 Å². The summed E-state index contributed by atoms with van der Waals surface area (Å²) in [6.07, 6.45) is 6.31. The van der Waals surface area contributed by atoms with Crippen molar-refractivity contribution in [2.45, 2.75) is 26.2 Å². The van der Waals surface area contributed by atoms with Crippen molar-refractivity contribution < 1.29 is 14.7 Å². The lowest BCUT2D eigenvalue weighted by atomic mass is 9.96. The number of fused-ring (bicyclic) bond motifs is 1. The Morgan fingerprint density at radius 3 is 2.82 bits per heavy atom. The fraction of sp³-hybridized carbons (Fsp3) is 0.240. The Labute approximate surface area is 192 Å². The second-order valence-electron chi connectivity index (χ2n) is 7.90. The van der Waals surface area contributed by atoms with E-state index < -0.39 is 0 Å². The fourth-order valence-corrected chi connectivity index (χ4v) is 3.87. The number of aliphatic hydroxyl groups excluding tert-OH is 1. The Bertz CT molecular complexity index is 1200. The number of aryl methyl sites for hydroxylation is 2. The summed E-state index contributed by atoms with van der Waals surface area (Å²) >= 11 is 0. The smallest absolute Gasteiger partial charge is 0.324 e. The molecule has 8 nitrogen and oxygen atoms in total. The molecule has 0 saturated carbocycles. The first-order valence-corrected chi connectivity index (χ1v) is 10.9. The molecule has 0 saturated heterocycles. The third-order valence-electron chi connectivity index (χ3n) is 5.34. The topological polar surface area (TPSA) is 108 Å². The zero-order chi connectivity index (χ0) is 23.2. The van der Waals surface area contributed by atoms with Gasteiger partial charge in [-0.1, -0.05) is 36.4 Å². The number of carbonyl (C=O) groups is 2. The third kappa shape index (κ3) is 5.48. The van der Waals surface area contributed by atoms with Crippen LogP contribution in [-0.4, -0.2) is 40.0 Å². The lowest BCUT2D eigenvalue weighted by Crippen LogP contribution is -2.27. The molecule has 0 aliphatic heterocycles. The fourth-order valence-electron chi connectivity index (χ4n) is 3.87. The van der Waals surface area contributed by atoms with E-state index in [2.05, 4.69) is 33.2 Å². The van der Waals surface area contributed by atoms with Crippen molar-refractivity contribution in [2.24, 2.45) is 0 Å². The first-order chi connectivity index (χ1) is 16.0. The maximum atomic E-state index is 12.8. The molecule has 1 aromatic heterocycles. The molecule has 0 fully saturated rings. The highest BCUT2D eigenvalue weighted by Gasteiger charge is 2.15. The van der Waals surface area contributed by atoms with Gasteiger partial charge in [0.15, 0.2) is 0 Å². The molecule has 2 aromatic carbocycles. The van der Waals surface area contributed by atoms with Crippen LogP contribution in [0.4, 0.5) is 16.3 Å². The summed E-state index contributed by atoms with van der Waals surface area (Å²) < 4.78 is 1.64. The van der Waals surface area contributed by atoms with Crippen molar-refractivity contribution >= 4 is 29.5 Å².